The van der Waals surface area contributed by atoms with Gasteiger partial charge in [-0.15, -0.1) is 0 Å². The average molecular weight is 332 g/mol. The number of rotatable bonds is 2. The summed E-state index contributed by atoms with van der Waals surface area (Å²) in [7, 11) is 0. The Bertz CT molecular complexity index is 756. The van der Waals surface area contributed by atoms with Gasteiger partial charge in [-0.1, -0.05) is 6.92 Å². The second kappa shape index (κ2) is 6.14. The lowest BCUT2D eigenvalue weighted by atomic mass is 10.0. The van der Waals surface area contributed by atoms with Crippen LogP contribution in [0, 0.1) is 11.7 Å². The van der Waals surface area contributed by atoms with E-state index in [1.807, 2.05) is 4.90 Å². The van der Waals surface area contributed by atoms with E-state index in [1.54, 1.807) is 0 Å². The van der Waals surface area contributed by atoms with Crippen molar-refractivity contribution in [1.82, 2.24) is 19.8 Å². The molecule has 0 radical (unpaired) electrons. The van der Waals surface area contributed by atoms with Crippen molar-refractivity contribution in [3.8, 4) is 0 Å². The molecule has 0 aliphatic carbocycles. The molecule has 0 saturated carbocycles. The molecule has 1 aromatic carbocycles. The van der Waals surface area contributed by atoms with E-state index in [0.717, 1.165) is 26.3 Å². The van der Waals surface area contributed by atoms with Crippen molar-refractivity contribution in [3.05, 3.63) is 29.8 Å². The first-order valence-electron chi connectivity index (χ1n) is 8.37. The van der Waals surface area contributed by atoms with Gasteiger partial charge in [0.15, 0.2) is 0 Å². The Kier molecular flexibility index (Phi) is 3.97. The zero-order chi connectivity index (χ0) is 16.7. The predicted octanol–water partition coefficient (Wildman–Crippen LogP) is 1.49. The number of morpholine rings is 1. The van der Waals surface area contributed by atoms with Crippen LogP contribution < -0.4 is 0 Å². The number of nitrogens with one attached hydrogen (secondary N) is 1. The molecule has 2 atom stereocenters. The van der Waals surface area contributed by atoms with Crippen molar-refractivity contribution >= 4 is 16.9 Å². The van der Waals surface area contributed by atoms with Gasteiger partial charge in [0.05, 0.1) is 30.6 Å². The molecule has 2 aliphatic rings. The molecule has 1 amide bonds. The van der Waals surface area contributed by atoms with Gasteiger partial charge in [0.25, 0.3) is 5.91 Å². The van der Waals surface area contributed by atoms with Crippen LogP contribution in [0.4, 0.5) is 4.39 Å². The Morgan fingerprint density at radius 2 is 2.12 bits per heavy atom. The van der Waals surface area contributed by atoms with Crippen LogP contribution in [0.1, 0.15) is 17.3 Å². The molecular weight excluding hydrogens is 311 g/mol. The number of carbonyl (C=O) groups excluding carboxylic acids is 1. The molecule has 2 aromatic rings. The number of ether oxygens (including phenoxy) is 1. The van der Waals surface area contributed by atoms with Crippen LogP contribution in [-0.2, 0) is 4.74 Å². The highest BCUT2D eigenvalue weighted by Gasteiger charge is 2.37. The number of hydrogen-bond acceptors (Lipinski definition) is 4. The first kappa shape index (κ1) is 15.5. The number of fused-ring (bicyclic) bond motifs is 1. The summed E-state index contributed by atoms with van der Waals surface area (Å²) in [6, 6.07) is 2.99. The Balaban J connectivity index is 1.57. The van der Waals surface area contributed by atoms with E-state index >= 15 is 0 Å². The molecule has 128 valence electrons. The lowest BCUT2D eigenvalue weighted by molar-refractivity contribution is 0.0119. The van der Waals surface area contributed by atoms with E-state index < -0.39 is 5.82 Å². The van der Waals surface area contributed by atoms with E-state index in [9.17, 15) is 9.18 Å². The number of halogens is 1. The topological polar surface area (TPSA) is 61.5 Å². The molecule has 2 saturated heterocycles. The van der Waals surface area contributed by atoms with Crippen molar-refractivity contribution in [1.29, 1.82) is 0 Å². The van der Waals surface area contributed by atoms with Gasteiger partial charge in [-0.3, -0.25) is 9.69 Å². The van der Waals surface area contributed by atoms with Gasteiger partial charge >= 0.3 is 0 Å². The molecule has 2 fully saturated rings. The number of benzene rings is 1. The molecule has 1 aromatic heterocycles. The zero-order valence-electron chi connectivity index (χ0n) is 13.7. The van der Waals surface area contributed by atoms with E-state index in [4.69, 9.17) is 4.74 Å². The number of aromatic amines is 1. The summed E-state index contributed by atoms with van der Waals surface area (Å²) in [5, 5.41) is 0. The van der Waals surface area contributed by atoms with Crippen molar-refractivity contribution in [2.75, 3.05) is 39.4 Å². The number of nitrogens with zero attached hydrogens (tertiary/aromatic N) is 3. The van der Waals surface area contributed by atoms with Crippen LogP contribution >= 0.6 is 0 Å². The molecule has 24 heavy (non-hydrogen) atoms. The fourth-order valence-corrected chi connectivity index (χ4v) is 3.85. The van der Waals surface area contributed by atoms with Crippen LogP contribution in [0.25, 0.3) is 11.0 Å². The third kappa shape index (κ3) is 2.67. The van der Waals surface area contributed by atoms with E-state index in [0.29, 0.717) is 41.6 Å². The minimum Gasteiger partial charge on any atom is -0.379 e. The largest absolute Gasteiger partial charge is 0.379 e. The lowest BCUT2D eigenvalue weighted by Gasteiger charge is -2.34. The van der Waals surface area contributed by atoms with Gasteiger partial charge in [-0.05, 0) is 18.1 Å². The van der Waals surface area contributed by atoms with Gasteiger partial charge in [0.2, 0.25) is 0 Å². The number of hydrogen-bond donors (Lipinski definition) is 1. The van der Waals surface area contributed by atoms with Crippen LogP contribution in [-0.4, -0.2) is 71.1 Å². The monoisotopic (exact) mass is 332 g/mol. The highest BCUT2D eigenvalue weighted by atomic mass is 19.1. The second-order valence-corrected chi connectivity index (χ2v) is 6.66. The van der Waals surface area contributed by atoms with Crippen molar-refractivity contribution in [2.24, 2.45) is 5.92 Å². The molecule has 0 spiro atoms. The van der Waals surface area contributed by atoms with Crippen LogP contribution in [0.15, 0.2) is 18.5 Å². The molecule has 3 heterocycles. The Hall–Kier alpha value is -1.99. The third-order valence-electron chi connectivity index (χ3n) is 5.09. The Morgan fingerprint density at radius 3 is 2.92 bits per heavy atom. The average Bonchev–Trinajstić information content (AvgIpc) is 3.20. The standard InChI is InChI=1S/C17H21FN4O2/c1-11-8-22(9-15(11)21-2-4-24-5-3-21)17(23)13-6-12(18)7-14-16(13)20-10-19-14/h6-7,10-11,15H,2-5,8-9H2,1H3,(H,19,20)/t11-,15-/m1/s1. The predicted molar refractivity (Wildman–Crippen MR) is 87.3 cm³/mol. The Labute approximate surface area is 139 Å². The first-order valence-corrected chi connectivity index (χ1v) is 8.37. The van der Waals surface area contributed by atoms with Gasteiger partial charge in [-0.25, -0.2) is 9.37 Å². The van der Waals surface area contributed by atoms with Crippen molar-refractivity contribution < 1.29 is 13.9 Å². The summed E-state index contributed by atoms with van der Waals surface area (Å²) < 4.78 is 19.2. The number of likely N-dealkylation sites (tertiary alicyclic amines) is 1. The summed E-state index contributed by atoms with van der Waals surface area (Å²) in [5.41, 5.74) is 1.42. The number of imidazole rings is 1. The van der Waals surface area contributed by atoms with Crippen molar-refractivity contribution in [3.63, 3.8) is 0 Å². The minimum atomic E-state index is -0.424. The number of amides is 1. The smallest absolute Gasteiger partial charge is 0.256 e. The lowest BCUT2D eigenvalue weighted by Crippen LogP contribution is -2.47. The Morgan fingerprint density at radius 1 is 1.33 bits per heavy atom. The van der Waals surface area contributed by atoms with Gasteiger partial charge in [-0.2, -0.15) is 0 Å². The molecule has 2 aliphatic heterocycles. The normalized spacial score (nSPS) is 25.5. The molecule has 7 heteroatoms. The number of H-pyrrole nitrogens is 1. The van der Waals surface area contributed by atoms with E-state index in [2.05, 4.69) is 21.8 Å². The van der Waals surface area contributed by atoms with Crippen LogP contribution in [0.3, 0.4) is 0 Å². The zero-order valence-corrected chi connectivity index (χ0v) is 13.7. The SMILES string of the molecule is C[C@@H]1CN(C(=O)c2cc(F)cc3[nH]cnc23)C[C@H]1N1CCOCC1. The van der Waals surface area contributed by atoms with Crippen molar-refractivity contribution in [2.45, 2.75) is 13.0 Å². The second-order valence-electron chi connectivity index (χ2n) is 6.66. The quantitative estimate of drug-likeness (QED) is 0.905. The number of carbonyl (C=O) groups is 1. The highest BCUT2D eigenvalue weighted by molar-refractivity contribution is 6.04. The summed E-state index contributed by atoms with van der Waals surface area (Å²) in [5.74, 6) is -0.184. The fraction of sp³-hybridized carbons (Fsp3) is 0.529. The van der Waals surface area contributed by atoms with Gasteiger partial charge < -0.3 is 14.6 Å². The molecule has 1 N–H and O–H groups in total. The maximum atomic E-state index is 13.8. The van der Waals surface area contributed by atoms with Gasteiger partial charge in [0.1, 0.15) is 11.3 Å². The van der Waals surface area contributed by atoms with E-state index in [-0.39, 0.29) is 5.91 Å². The summed E-state index contributed by atoms with van der Waals surface area (Å²) in [6.45, 7) is 6.82. The molecule has 0 bridgehead atoms. The van der Waals surface area contributed by atoms with Crippen LogP contribution in [0.5, 0.6) is 0 Å². The maximum Gasteiger partial charge on any atom is 0.256 e. The molecule has 0 unspecified atom stereocenters. The molecule has 4 rings (SSSR count). The maximum absolute atomic E-state index is 13.8. The highest BCUT2D eigenvalue weighted by Crippen LogP contribution is 2.26. The summed E-state index contributed by atoms with van der Waals surface area (Å²) in [4.78, 5) is 24.2. The van der Waals surface area contributed by atoms with E-state index in [1.165, 1.54) is 18.5 Å². The summed E-state index contributed by atoms with van der Waals surface area (Å²) in [6.07, 6.45) is 1.49. The van der Waals surface area contributed by atoms with Gasteiger partial charge in [0, 0.05) is 32.2 Å². The first-order chi connectivity index (χ1) is 11.6. The third-order valence-corrected chi connectivity index (χ3v) is 5.09. The molecule has 6 nitrogen and oxygen atoms in total. The molecular formula is C17H21FN4O2. The summed E-state index contributed by atoms with van der Waals surface area (Å²) >= 11 is 0. The fourth-order valence-electron chi connectivity index (χ4n) is 3.85. The van der Waals surface area contributed by atoms with Crippen LogP contribution in [0.2, 0.25) is 0 Å². The minimum absolute atomic E-state index is 0.144. The number of aromatic nitrogens is 2.